The van der Waals surface area contributed by atoms with Crippen LogP contribution in [0.2, 0.25) is 5.02 Å². The number of phenols is 1. The van der Waals surface area contributed by atoms with Gasteiger partial charge in [0.25, 0.3) is 0 Å². The number of aromatic hydroxyl groups is 1. The van der Waals surface area contributed by atoms with E-state index in [9.17, 15) is 9.50 Å². The van der Waals surface area contributed by atoms with Gasteiger partial charge in [0.15, 0.2) is 11.5 Å². The monoisotopic (exact) mass is 259 g/mol. The second-order valence-corrected chi connectivity index (χ2v) is 4.82. The van der Waals surface area contributed by atoms with Crippen LogP contribution in [0.4, 0.5) is 4.39 Å². The first-order valence-electron chi connectivity index (χ1n) is 5.51. The topological polar surface area (TPSA) is 55.5 Å². The Balaban J connectivity index is 2.65. The van der Waals surface area contributed by atoms with E-state index in [1.54, 1.807) is 0 Å². The highest BCUT2D eigenvalue weighted by molar-refractivity contribution is 6.32. The van der Waals surface area contributed by atoms with Crippen LogP contribution in [0.15, 0.2) is 6.07 Å². The van der Waals surface area contributed by atoms with Crippen LogP contribution < -0.4 is 10.5 Å². The van der Waals surface area contributed by atoms with Gasteiger partial charge in [-0.25, -0.2) is 4.39 Å². The third-order valence-corrected chi connectivity index (χ3v) is 3.96. The second-order valence-electron chi connectivity index (χ2n) is 4.44. The van der Waals surface area contributed by atoms with E-state index in [0.29, 0.717) is 12.1 Å². The average Bonchev–Trinajstić information content (AvgIpc) is 2.24. The molecule has 2 rings (SSSR count). The fraction of sp³-hybridized carbons (Fsp3) is 0.500. The molecule has 0 aromatic heterocycles. The van der Waals surface area contributed by atoms with Gasteiger partial charge in [0, 0.05) is 23.6 Å². The zero-order valence-corrected chi connectivity index (χ0v) is 10.4. The van der Waals surface area contributed by atoms with Crippen molar-refractivity contribution >= 4 is 11.6 Å². The second kappa shape index (κ2) is 4.35. The van der Waals surface area contributed by atoms with Crippen molar-refractivity contribution in [2.24, 2.45) is 5.73 Å². The van der Waals surface area contributed by atoms with E-state index in [4.69, 9.17) is 22.1 Å². The van der Waals surface area contributed by atoms with E-state index < -0.39 is 5.82 Å². The maximum atomic E-state index is 13.6. The van der Waals surface area contributed by atoms with Crippen LogP contribution in [0.25, 0.3) is 0 Å². The van der Waals surface area contributed by atoms with E-state index in [1.165, 1.54) is 7.11 Å². The van der Waals surface area contributed by atoms with Crippen LogP contribution >= 0.6 is 11.6 Å². The molecular formula is C12H15ClFNO2. The van der Waals surface area contributed by atoms with E-state index in [-0.39, 0.29) is 21.9 Å². The lowest BCUT2D eigenvalue weighted by atomic mass is 9.64. The number of nitrogens with two attached hydrogens (primary N) is 1. The highest BCUT2D eigenvalue weighted by atomic mass is 35.5. The molecule has 0 amide bonds. The van der Waals surface area contributed by atoms with Crippen molar-refractivity contribution < 1.29 is 14.2 Å². The van der Waals surface area contributed by atoms with Gasteiger partial charge >= 0.3 is 0 Å². The Morgan fingerprint density at radius 2 is 2.24 bits per heavy atom. The van der Waals surface area contributed by atoms with Crippen molar-refractivity contribution in [1.29, 1.82) is 0 Å². The van der Waals surface area contributed by atoms with Crippen LogP contribution in [-0.4, -0.2) is 18.8 Å². The molecule has 0 aliphatic heterocycles. The van der Waals surface area contributed by atoms with Crippen molar-refractivity contribution in [2.45, 2.75) is 24.7 Å². The summed E-state index contributed by atoms with van der Waals surface area (Å²) in [7, 11) is 1.43. The number of halogens is 2. The van der Waals surface area contributed by atoms with Crippen molar-refractivity contribution in [2.75, 3.05) is 13.7 Å². The predicted molar refractivity (Wildman–Crippen MR) is 64.2 cm³/mol. The lowest BCUT2D eigenvalue weighted by Gasteiger charge is -2.42. The van der Waals surface area contributed by atoms with Gasteiger partial charge in [-0.2, -0.15) is 0 Å². The maximum Gasteiger partial charge on any atom is 0.165 e. The number of rotatable bonds is 3. The predicted octanol–water partition coefficient (Wildman–Crippen LogP) is 2.57. The SMILES string of the molecule is COc1c(O)cc(F)c(Cl)c1C1(CN)CCC1. The molecule has 3 N–H and O–H groups in total. The standard InChI is InChI=1S/C12H15ClFNO2/c1-17-11-8(16)5-7(14)10(13)9(11)12(6-15)3-2-4-12/h5,16H,2-4,6,15H2,1H3. The molecule has 17 heavy (non-hydrogen) atoms. The van der Waals surface area contributed by atoms with Gasteiger partial charge in [-0.05, 0) is 12.8 Å². The first kappa shape index (κ1) is 12.5. The number of hydrogen-bond donors (Lipinski definition) is 2. The maximum absolute atomic E-state index is 13.6. The summed E-state index contributed by atoms with van der Waals surface area (Å²) in [5.41, 5.74) is 5.92. The van der Waals surface area contributed by atoms with Crippen molar-refractivity contribution in [1.82, 2.24) is 0 Å². The number of methoxy groups -OCH3 is 1. The summed E-state index contributed by atoms with van der Waals surface area (Å²) in [6.45, 7) is 0.367. The van der Waals surface area contributed by atoms with Gasteiger partial charge in [0.1, 0.15) is 5.82 Å². The molecule has 0 saturated heterocycles. The van der Waals surface area contributed by atoms with Gasteiger partial charge in [0.2, 0.25) is 0 Å². The third kappa shape index (κ3) is 1.76. The fourth-order valence-corrected chi connectivity index (χ4v) is 2.78. The van der Waals surface area contributed by atoms with Gasteiger partial charge < -0.3 is 15.6 Å². The molecule has 5 heteroatoms. The Morgan fingerprint density at radius 3 is 2.65 bits per heavy atom. The summed E-state index contributed by atoms with van der Waals surface area (Å²) >= 11 is 6.00. The number of benzene rings is 1. The van der Waals surface area contributed by atoms with Gasteiger partial charge in [-0.15, -0.1) is 0 Å². The summed E-state index contributed by atoms with van der Waals surface area (Å²) in [5.74, 6) is -0.634. The fourth-order valence-electron chi connectivity index (χ4n) is 2.44. The Morgan fingerprint density at radius 1 is 1.59 bits per heavy atom. The summed E-state index contributed by atoms with van der Waals surface area (Å²) in [6.07, 6.45) is 2.69. The van der Waals surface area contributed by atoms with Crippen molar-refractivity contribution in [3.05, 3.63) is 22.5 Å². The molecule has 1 aromatic rings. The van der Waals surface area contributed by atoms with E-state index in [1.807, 2.05) is 0 Å². The Bertz CT molecular complexity index is 441. The van der Waals surface area contributed by atoms with E-state index >= 15 is 0 Å². The molecule has 0 atom stereocenters. The minimum atomic E-state index is -0.639. The van der Waals surface area contributed by atoms with Crippen LogP contribution in [0, 0.1) is 5.82 Å². The molecule has 0 unspecified atom stereocenters. The minimum absolute atomic E-state index is 0.00444. The largest absolute Gasteiger partial charge is 0.504 e. The molecular weight excluding hydrogens is 245 g/mol. The van der Waals surface area contributed by atoms with Gasteiger partial charge in [0.05, 0.1) is 12.1 Å². The molecule has 1 saturated carbocycles. The number of hydrogen-bond acceptors (Lipinski definition) is 3. The van der Waals surface area contributed by atoms with Gasteiger partial charge in [-0.3, -0.25) is 0 Å². The lowest BCUT2D eigenvalue weighted by Crippen LogP contribution is -2.42. The van der Waals surface area contributed by atoms with Crippen LogP contribution in [-0.2, 0) is 5.41 Å². The zero-order valence-electron chi connectivity index (χ0n) is 9.59. The molecule has 0 spiro atoms. The normalized spacial score (nSPS) is 17.6. The molecule has 1 aliphatic carbocycles. The van der Waals surface area contributed by atoms with Crippen LogP contribution in [0.1, 0.15) is 24.8 Å². The third-order valence-electron chi connectivity index (χ3n) is 3.59. The quantitative estimate of drug-likeness (QED) is 0.877. The highest BCUT2D eigenvalue weighted by Crippen LogP contribution is 2.52. The lowest BCUT2D eigenvalue weighted by molar-refractivity contribution is 0.239. The number of ether oxygens (including phenoxy) is 1. The smallest absolute Gasteiger partial charge is 0.165 e. The van der Waals surface area contributed by atoms with E-state index in [0.717, 1.165) is 25.3 Å². The van der Waals surface area contributed by atoms with E-state index in [2.05, 4.69) is 0 Å². The summed E-state index contributed by atoms with van der Waals surface area (Å²) in [5, 5.41) is 9.72. The highest BCUT2D eigenvalue weighted by Gasteiger charge is 2.42. The Hall–Kier alpha value is -1.00. The van der Waals surface area contributed by atoms with Crippen molar-refractivity contribution in [3.8, 4) is 11.5 Å². The van der Waals surface area contributed by atoms with Crippen LogP contribution in [0.5, 0.6) is 11.5 Å². The average molecular weight is 260 g/mol. The first-order valence-corrected chi connectivity index (χ1v) is 5.89. The molecule has 0 heterocycles. The molecule has 94 valence electrons. The number of phenolic OH excluding ortho intramolecular Hbond substituents is 1. The minimum Gasteiger partial charge on any atom is -0.504 e. The first-order chi connectivity index (χ1) is 8.05. The Kier molecular flexibility index (Phi) is 3.19. The summed E-state index contributed by atoms with van der Waals surface area (Å²) in [4.78, 5) is 0. The van der Waals surface area contributed by atoms with Gasteiger partial charge in [-0.1, -0.05) is 18.0 Å². The van der Waals surface area contributed by atoms with Crippen molar-refractivity contribution in [3.63, 3.8) is 0 Å². The molecule has 3 nitrogen and oxygen atoms in total. The molecule has 1 fully saturated rings. The zero-order chi connectivity index (χ0) is 12.6. The summed E-state index contributed by atoms with van der Waals surface area (Å²) < 4.78 is 18.7. The molecule has 0 bridgehead atoms. The molecule has 1 aliphatic rings. The molecule has 1 aromatic carbocycles. The van der Waals surface area contributed by atoms with Crippen LogP contribution in [0.3, 0.4) is 0 Å². The summed E-state index contributed by atoms with van der Waals surface area (Å²) in [6, 6.07) is 0.966. The molecule has 0 radical (unpaired) electrons. The Labute approximate surface area is 104 Å².